The van der Waals surface area contributed by atoms with E-state index < -0.39 is 0 Å². The lowest BCUT2D eigenvalue weighted by molar-refractivity contribution is -0.140. The van der Waals surface area contributed by atoms with Gasteiger partial charge in [0.25, 0.3) is 0 Å². The molecule has 1 aromatic carbocycles. The molecule has 4 heteroatoms. The molecular formula is C18H21NO3. The minimum Gasteiger partial charge on any atom is -0.494 e. The Morgan fingerprint density at radius 1 is 1.14 bits per heavy atom. The molecule has 3 rings (SSSR count). The average molecular weight is 299 g/mol. The highest BCUT2D eigenvalue weighted by molar-refractivity contribution is 6.05. The molecule has 116 valence electrons. The summed E-state index contributed by atoms with van der Waals surface area (Å²) in [5, 5.41) is 0. The second-order valence-corrected chi connectivity index (χ2v) is 6.00. The maximum absolute atomic E-state index is 12.3. The van der Waals surface area contributed by atoms with Crippen LogP contribution >= 0.6 is 0 Å². The van der Waals surface area contributed by atoms with E-state index in [-0.39, 0.29) is 23.7 Å². The molecule has 1 fully saturated rings. The van der Waals surface area contributed by atoms with Gasteiger partial charge in [-0.2, -0.15) is 0 Å². The van der Waals surface area contributed by atoms with E-state index in [9.17, 15) is 9.59 Å². The van der Waals surface area contributed by atoms with Crippen molar-refractivity contribution in [3.05, 3.63) is 42.0 Å². The predicted octanol–water partition coefficient (Wildman–Crippen LogP) is 2.72. The van der Waals surface area contributed by atoms with E-state index in [4.69, 9.17) is 4.74 Å². The number of carbonyl (C=O) groups excluding carboxylic acids is 2. The Balaban J connectivity index is 1.50. The second kappa shape index (κ2) is 6.34. The van der Waals surface area contributed by atoms with Crippen LogP contribution in [0.25, 0.3) is 0 Å². The third kappa shape index (κ3) is 2.91. The maximum atomic E-state index is 12.3. The van der Waals surface area contributed by atoms with Gasteiger partial charge in [0.2, 0.25) is 11.8 Å². The SMILES string of the molecule is Cc1cccc(OCCCN2C(=O)[C@H]3CC=CC[C@@H]3C2=O)c1. The van der Waals surface area contributed by atoms with Crippen molar-refractivity contribution in [1.82, 2.24) is 4.90 Å². The predicted molar refractivity (Wildman–Crippen MR) is 83.4 cm³/mol. The molecule has 0 bridgehead atoms. The Morgan fingerprint density at radius 3 is 2.45 bits per heavy atom. The van der Waals surface area contributed by atoms with Crippen molar-refractivity contribution in [2.45, 2.75) is 26.2 Å². The number of rotatable bonds is 5. The number of hydrogen-bond acceptors (Lipinski definition) is 3. The summed E-state index contributed by atoms with van der Waals surface area (Å²) in [7, 11) is 0. The largest absolute Gasteiger partial charge is 0.494 e. The number of carbonyl (C=O) groups is 2. The van der Waals surface area contributed by atoms with Crippen LogP contribution in [0.3, 0.4) is 0 Å². The van der Waals surface area contributed by atoms with Gasteiger partial charge in [-0.25, -0.2) is 0 Å². The average Bonchev–Trinajstić information content (AvgIpc) is 2.77. The Kier molecular flexibility index (Phi) is 4.27. The van der Waals surface area contributed by atoms with Gasteiger partial charge >= 0.3 is 0 Å². The fraction of sp³-hybridized carbons (Fsp3) is 0.444. The summed E-state index contributed by atoms with van der Waals surface area (Å²) in [5.74, 6) is 0.562. The van der Waals surface area contributed by atoms with Crippen LogP contribution in [0.1, 0.15) is 24.8 Å². The smallest absolute Gasteiger partial charge is 0.233 e. The van der Waals surface area contributed by atoms with Crippen molar-refractivity contribution >= 4 is 11.8 Å². The minimum absolute atomic E-state index is 0.00472. The first-order valence-electron chi connectivity index (χ1n) is 7.86. The third-order valence-corrected chi connectivity index (χ3v) is 4.38. The quantitative estimate of drug-likeness (QED) is 0.477. The molecule has 2 amide bonds. The van der Waals surface area contributed by atoms with Crippen molar-refractivity contribution in [2.24, 2.45) is 11.8 Å². The highest BCUT2D eigenvalue weighted by Gasteiger charge is 2.46. The Bertz CT molecular complexity index is 582. The van der Waals surface area contributed by atoms with Crippen molar-refractivity contribution < 1.29 is 14.3 Å². The summed E-state index contributed by atoms with van der Waals surface area (Å²) >= 11 is 0. The monoisotopic (exact) mass is 299 g/mol. The molecule has 1 saturated heterocycles. The number of benzene rings is 1. The lowest BCUT2D eigenvalue weighted by Crippen LogP contribution is -2.32. The van der Waals surface area contributed by atoms with Crippen LogP contribution < -0.4 is 4.74 Å². The molecule has 0 saturated carbocycles. The standard InChI is InChI=1S/C18H21NO3/c1-13-6-4-7-14(12-13)22-11-5-10-19-17(20)15-8-2-3-9-16(15)18(19)21/h2-4,6-7,12,15-16H,5,8-11H2,1H3/t15-,16-/m0/s1. The fourth-order valence-electron chi connectivity index (χ4n) is 3.21. The molecule has 0 spiro atoms. The van der Waals surface area contributed by atoms with Gasteiger partial charge in [-0.1, -0.05) is 24.3 Å². The molecule has 4 nitrogen and oxygen atoms in total. The molecule has 1 heterocycles. The third-order valence-electron chi connectivity index (χ3n) is 4.38. The summed E-state index contributed by atoms with van der Waals surface area (Å²) in [6.45, 7) is 2.98. The summed E-state index contributed by atoms with van der Waals surface area (Å²) in [6.07, 6.45) is 6.09. The lowest BCUT2D eigenvalue weighted by atomic mass is 9.85. The van der Waals surface area contributed by atoms with Gasteiger partial charge in [0.1, 0.15) is 5.75 Å². The van der Waals surface area contributed by atoms with Gasteiger partial charge in [-0.05, 0) is 43.9 Å². The molecule has 2 aliphatic rings. The highest BCUT2D eigenvalue weighted by Crippen LogP contribution is 2.34. The van der Waals surface area contributed by atoms with Gasteiger partial charge in [-0.15, -0.1) is 0 Å². The lowest BCUT2D eigenvalue weighted by Gasteiger charge is -2.15. The summed E-state index contributed by atoms with van der Waals surface area (Å²) in [6, 6.07) is 7.87. The summed E-state index contributed by atoms with van der Waals surface area (Å²) in [4.78, 5) is 26.0. The highest BCUT2D eigenvalue weighted by atomic mass is 16.5. The Morgan fingerprint density at radius 2 is 1.82 bits per heavy atom. The van der Waals surface area contributed by atoms with Crippen molar-refractivity contribution in [2.75, 3.05) is 13.2 Å². The van der Waals surface area contributed by atoms with Gasteiger partial charge in [-0.3, -0.25) is 14.5 Å². The van der Waals surface area contributed by atoms with E-state index in [2.05, 4.69) is 0 Å². The van der Waals surface area contributed by atoms with Gasteiger partial charge in [0, 0.05) is 6.54 Å². The second-order valence-electron chi connectivity index (χ2n) is 6.00. The molecule has 1 aliphatic heterocycles. The number of ether oxygens (including phenoxy) is 1. The van der Waals surface area contributed by atoms with Crippen molar-refractivity contribution in [1.29, 1.82) is 0 Å². The van der Waals surface area contributed by atoms with Gasteiger partial charge in [0.15, 0.2) is 0 Å². The van der Waals surface area contributed by atoms with Gasteiger partial charge in [0.05, 0.1) is 18.4 Å². The first kappa shape index (κ1) is 14.8. The minimum atomic E-state index is -0.129. The Labute approximate surface area is 130 Å². The van der Waals surface area contributed by atoms with Crippen LogP contribution in [0, 0.1) is 18.8 Å². The number of allylic oxidation sites excluding steroid dienone is 2. The van der Waals surface area contributed by atoms with E-state index in [0.29, 0.717) is 32.4 Å². The normalized spacial score (nSPS) is 23.8. The van der Waals surface area contributed by atoms with Crippen LogP contribution in [0.2, 0.25) is 0 Å². The number of likely N-dealkylation sites (tertiary alicyclic amines) is 1. The topological polar surface area (TPSA) is 46.6 Å². The zero-order chi connectivity index (χ0) is 15.5. The van der Waals surface area contributed by atoms with Crippen LogP contribution in [-0.2, 0) is 9.59 Å². The van der Waals surface area contributed by atoms with Crippen LogP contribution in [0.4, 0.5) is 0 Å². The first-order chi connectivity index (χ1) is 10.7. The van der Waals surface area contributed by atoms with E-state index in [0.717, 1.165) is 11.3 Å². The molecule has 0 radical (unpaired) electrons. The zero-order valence-electron chi connectivity index (χ0n) is 12.8. The summed E-state index contributed by atoms with van der Waals surface area (Å²) < 4.78 is 5.67. The maximum Gasteiger partial charge on any atom is 0.233 e. The zero-order valence-corrected chi connectivity index (χ0v) is 12.8. The number of aryl methyl sites for hydroxylation is 1. The molecule has 0 aromatic heterocycles. The summed E-state index contributed by atoms with van der Waals surface area (Å²) in [5.41, 5.74) is 1.15. The van der Waals surface area contributed by atoms with E-state index in [1.54, 1.807) is 0 Å². The van der Waals surface area contributed by atoms with E-state index in [1.807, 2.05) is 43.3 Å². The molecular weight excluding hydrogens is 278 g/mol. The number of hydrogen-bond donors (Lipinski definition) is 0. The molecule has 0 N–H and O–H groups in total. The molecule has 2 atom stereocenters. The molecule has 1 aliphatic carbocycles. The first-order valence-corrected chi connectivity index (χ1v) is 7.86. The molecule has 0 unspecified atom stereocenters. The Hall–Kier alpha value is -2.10. The fourth-order valence-corrected chi connectivity index (χ4v) is 3.21. The van der Waals surface area contributed by atoms with Crippen molar-refractivity contribution in [3.8, 4) is 5.75 Å². The van der Waals surface area contributed by atoms with E-state index in [1.165, 1.54) is 4.90 Å². The molecule has 1 aromatic rings. The van der Waals surface area contributed by atoms with Crippen molar-refractivity contribution in [3.63, 3.8) is 0 Å². The number of imide groups is 1. The number of nitrogens with zero attached hydrogens (tertiary/aromatic N) is 1. The van der Waals surface area contributed by atoms with Gasteiger partial charge < -0.3 is 4.74 Å². The number of fused-ring (bicyclic) bond motifs is 1. The van der Waals surface area contributed by atoms with Crippen LogP contribution in [0.5, 0.6) is 5.75 Å². The molecule has 22 heavy (non-hydrogen) atoms. The van der Waals surface area contributed by atoms with Crippen LogP contribution in [-0.4, -0.2) is 29.9 Å². The van der Waals surface area contributed by atoms with Crippen LogP contribution in [0.15, 0.2) is 36.4 Å². The van der Waals surface area contributed by atoms with E-state index >= 15 is 0 Å². The number of amides is 2.